The van der Waals surface area contributed by atoms with Crippen LogP contribution in [0.3, 0.4) is 0 Å². The molecule has 112 valence electrons. The van der Waals surface area contributed by atoms with Crippen molar-refractivity contribution in [3.8, 4) is 17.9 Å². The normalized spacial score (nSPS) is 28.5. The fraction of sp³-hybridized carbons (Fsp3) is 0.444. The van der Waals surface area contributed by atoms with E-state index in [1.807, 2.05) is 18.2 Å². The first kappa shape index (κ1) is 14.6. The number of amides is 1. The van der Waals surface area contributed by atoms with Crippen LogP contribution in [0.2, 0.25) is 0 Å². The van der Waals surface area contributed by atoms with Gasteiger partial charge < -0.3 is 10.1 Å². The van der Waals surface area contributed by atoms with Crippen LogP contribution in [0.5, 0.6) is 0 Å². The summed E-state index contributed by atoms with van der Waals surface area (Å²) in [6.07, 6.45) is 1.70. The highest BCUT2D eigenvalue weighted by atomic mass is 16.5. The molecule has 4 nitrogen and oxygen atoms in total. The van der Waals surface area contributed by atoms with Crippen molar-refractivity contribution >= 4 is 5.91 Å². The highest BCUT2D eigenvalue weighted by Crippen LogP contribution is 2.40. The monoisotopic (exact) mass is 294 g/mol. The molecular weight excluding hydrogens is 276 g/mol. The van der Waals surface area contributed by atoms with Gasteiger partial charge in [-0.25, -0.2) is 0 Å². The maximum Gasteiger partial charge on any atom is 0.224 e. The average Bonchev–Trinajstić information content (AvgIpc) is 3.26. The Labute approximate surface area is 130 Å². The number of carbonyl (C=O) groups is 1. The number of carbonyl (C=O) groups excluding carboxylic acids is 1. The van der Waals surface area contributed by atoms with Crippen molar-refractivity contribution in [1.29, 1.82) is 5.26 Å². The molecular formula is C18H18N2O2. The van der Waals surface area contributed by atoms with Gasteiger partial charge in [0, 0.05) is 12.3 Å². The summed E-state index contributed by atoms with van der Waals surface area (Å²) in [6.45, 7) is 2.93. The molecule has 0 spiro atoms. The quantitative estimate of drug-likeness (QED) is 0.863. The minimum Gasteiger partial charge on any atom is -0.368 e. The Morgan fingerprint density at radius 1 is 1.55 bits per heavy atom. The second-order valence-corrected chi connectivity index (χ2v) is 5.85. The molecule has 1 aromatic carbocycles. The van der Waals surface area contributed by atoms with Crippen LogP contribution >= 0.6 is 0 Å². The fourth-order valence-corrected chi connectivity index (χ4v) is 2.88. The largest absolute Gasteiger partial charge is 0.368 e. The maximum atomic E-state index is 12.1. The van der Waals surface area contributed by atoms with E-state index in [0.29, 0.717) is 18.7 Å². The van der Waals surface area contributed by atoms with E-state index in [2.05, 4.69) is 23.2 Å². The van der Waals surface area contributed by atoms with E-state index < -0.39 is 5.60 Å². The lowest BCUT2D eigenvalue weighted by Gasteiger charge is -2.42. The van der Waals surface area contributed by atoms with Crippen molar-refractivity contribution < 1.29 is 9.53 Å². The molecule has 1 heterocycles. The summed E-state index contributed by atoms with van der Waals surface area (Å²) in [5, 5.41) is 12.0. The molecule has 1 aromatic rings. The van der Waals surface area contributed by atoms with Crippen molar-refractivity contribution in [2.45, 2.75) is 25.4 Å². The van der Waals surface area contributed by atoms with Crippen LogP contribution in [0.1, 0.15) is 30.9 Å². The first-order valence-electron chi connectivity index (χ1n) is 7.53. The molecule has 0 aromatic heterocycles. The summed E-state index contributed by atoms with van der Waals surface area (Å²) in [5.41, 5.74) is 1.08. The standard InChI is InChI=1S/C18H18N2O2/c1-2-4-14-10-16(14)17(21)20-12-18(7-8-22-18)15-6-3-5-13(9-15)11-19/h3,5-6,9,14,16H,7-8,10,12H2,1H3,(H,20,21)/t14?,16?,18-/m1/s1. The summed E-state index contributed by atoms with van der Waals surface area (Å²) in [4.78, 5) is 12.1. The van der Waals surface area contributed by atoms with Crippen LogP contribution in [0.25, 0.3) is 0 Å². The number of hydrogen-bond donors (Lipinski definition) is 1. The molecule has 1 saturated heterocycles. The highest BCUT2D eigenvalue weighted by molar-refractivity contribution is 5.82. The van der Waals surface area contributed by atoms with Crippen molar-refractivity contribution in [2.24, 2.45) is 11.8 Å². The van der Waals surface area contributed by atoms with E-state index in [1.54, 1.807) is 13.0 Å². The molecule has 0 bridgehead atoms. The number of nitriles is 1. The zero-order chi connectivity index (χ0) is 15.6. The fourth-order valence-electron chi connectivity index (χ4n) is 2.88. The average molecular weight is 294 g/mol. The van der Waals surface area contributed by atoms with E-state index in [-0.39, 0.29) is 17.7 Å². The van der Waals surface area contributed by atoms with Gasteiger partial charge in [0.2, 0.25) is 5.91 Å². The third-order valence-electron chi connectivity index (χ3n) is 4.41. The summed E-state index contributed by atoms with van der Waals surface area (Å²) >= 11 is 0. The first-order chi connectivity index (χ1) is 10.7. The third-order valence-corrected chi connectivity index (χ3v) is 4.41. The summed E-state index contributed by atoms with van der Waals surface area (Å²) in [5.74, 6) is 6.20. The van der Waals surface area contributed by atoms with Crippen molar-refractivity contribution in [2.75, 3.05) is 13.2 Å². The van der Waals surface area contributed by atoms with Gasteiger partial charge in [0.05, 0.1) is 30.7 Å². The van der Waals surface area contributed by atoms with Crippen LogP contribution in [-0.4, -0.2) is 19.1 Å². The second-order valence-electron chi connectivity index (χ2n) is 5.85. The minimum atomic E-state index is -0.483. The van der Waals surface area contributed by atoms with Gasteiger partial charge in [0.15, 0.2) is 0 Å². The van der Waals surface area contributed by atoms with Crippen LogP contribution in [-0.2, 0) is 15.1 Å². The number of nitrogens with zero attached hydrogens (tertiary/aromatic N) is 1. The van der Waals surface area contributed by atoms with E-state index in [0.717, 1.165) is 18.4 Å². The van der Waals surface area contributed by atoms with Gasteiger partial charge in [-0.3, -0.25) is 4.79 Å². The lowest BCUT2D eigenvalue weighted by molar-refractivity contribution is -0.155. The SMILES string of the molecule is CC#CC1CC1C(=O)NC[C@@]1(c2cccc(C#N)c2)CCO1. The molecule has 22 heavy (non-hydrogen) atoms. The number of ether oxygens (including phenoxy) is 1. The molecule has 1 aliphatic carbocycles. The van der Waals surface area contributed by atoms with Gasteiger partial charge in [-0.1, -0.05) is 18.1 Å². The number of benzene rings is 1. The van der Waals surface area contributed by atoms with E-state index >= 15 is 0 Å². The summed E-state index contributed by atoms with van der Waals surface area (Å²) < 4.78 is 5.78. The Morgan fingerprint density at radius 2 is 2.36 bits per heavy atom. The Bertz CT molecular complexity index is 689. The molecule has 4 heteroatoms. The lowest BCUT2D eigenvalue weighted by atomic mass is 9.85. The Kier molecular flexibility index (Phi) is 3.88. The maximum absolute atomic E-state index is 12.1. The molecule has 3 atom stereocenters. The Hall–Kier alpha value is -2.30. The molecule has 2 aliphatic rings. The molecule has 1 saturated carbocycles. The van der Waals surface area contributed by atoms with Crippen LogP contribution in [0, 0.1) is 35.0 Å². The highest BCUT2D eigenvalue weighted by Gasteiger charge is 2.45. The number of nitrogens with one attached hydrogen (secondary N) is 1. The van der Waals surface area contributed by atoms with Crippen LogP contribution < -0.4 is 5.32 Å². The molecule has 2 fully saturated rings. The third kappa shape index (κ3) is 2.71. The van der Waals surface area contributed by atoms with Crippen LogP contribution in [0.15, 0.2) is 24.3 Å². The molecule has 3 rings (SSSR count). The van der Waals surface area contributed by atoms with E-state index in [9.17, 15) is 4.79 Å². The predicted octanol–water partition coefficient (Wildman–Crippen LogP) is 1.95. The van der Waals surface area contributed by atoms with Gasteiger partial charge in [0.25, 0.3) is 0 Å². The number of hydrogen-bond acceptors (Lipinski definition) is 3. The first-order valence-corrected chi connectivity index (χ1v) is 7.53. The van der Waals surface area contributed by atoms with Gasteiger partial charge in [-0.15, -0.1) is 5.92 Å². The smallest absolute Gasteiger partial charge is 0.224 e. The van der Waals surface area contributed by atoms with Crippen LogP contribution in [0.4, 0.5) is 0 Å². The predicted molar refractivity (Wildman–Crippen MR) is 81.5 cm³/mol. The van der Waals surface area contributed by atoms with Crippen molar-refractivity contribution in [1.82, 2.24) is 5.32 Å². The number of rotatable bonds is 4. The zero-order valence-electron chi connectivity index (χ0n) is 12.6. The Balaban J connectivity index is 1.65. The zero-order valence-corrected chi connectivity index (χ0v) is 12.6. The summed E-state index contributed by atoms with van der Waals surface area (Å²) in [7, 11) is 0. The summed E-state index contributed by atoms with van der Waals surface area (Å²) in [6, 6.07) is 9.56. The molecule has 2 unspecified atom stereocenters. The molecule has 1 N–H and O–H groups in total. The van der Waals surface area contributed by atoms with Gasteiger partial charge in [-0.2, -0.15) is 5.26 Å². The van der Waals surface area contributed by atoms with Crippen molar-refractivity contribution in [3.63, 3.8) is 0 Å². The van der Waals surface area contributed by atoms with Gasteiger partial charge in [-0.05, 0) is 31.0 Å². The molecule has 1 aliphatic heterocycles. The molecule has 0 radical (unpaired) electrons. The van der Waals surface area contributed by atoms with E-state index in [4.69, 9.17) is 10.00 Å². The minimum absolute atomic E-state index is 0.0232. The lowest BCUT2D eigenvalue weighted by Crippen LogP contribution is -2.50. The second kappa shape index (κ2) is 5.83. The Morgan fingerprint density at radius 3 is 3.00 bits per heavy atom. The topological polar surface area (TPSA) is 62.1 Å². The van der Waals surface area contributed by atoms with Crippen molar-refractivity contribution in [3.05, 3.63) is 35.4 Å². The van der Waals surface area contributed by atoms with E-state index in [1.165, 1.54) is 0 Å². The molecule has 1 amide bonds. The van der Waals surface area contributed by atoms with Gasteiger partial charge >= 0.3 is 0 Å². The van der Waals surface area contributed by atoms with Gasteiger partial charge in [0.1, 0.15) is 5.60 Å².